The maximum atomic E-state index is 12.7. The van der Waals surface area contributed by atoms with Gasteiger partial charge < -0.3 is 15.4 Å². The van der Waals surface area contributed by atoms with Crippen LogP contribution in [-0.4, -0.2) is 25.7 Å². The molecule has 0 aliphatic carbocycles. The van der Waals surface area contributed by atoms with E-state index < -0.39 is 0 Å². The van der Waals surface area contributed by atoms with Crippen molar-refractivity contribution in [2.45, 2.75) is 19.1 Å². The van der Waals surface area contributed by atoms with Crippen molar-refractivity contribution >= 4 is 11.6 Å². The number of methoxy groups -OCH3 is 1. The second-order valence-corrected chi connectivity index (χ2v) is 5.10. The van der Waals surface area contributed by atoms with E-state index in [9.17, 15) is 4.79 Å². The number of amides is 1. The van der Waals surface area contributed by atoms with Crippen LogP contribution >= 0.6 is 0 Å². The molecule has 1 atom stereocenters. The smallest absolute Gasteiger partial charge is 0.229 e. The number of carbonyl (C=O) groups is 1. The van der Waals surface area contributed by atoms with Gasteiger partial charge in [0.2, 0.25) is 5.91 Å². The van der Waals surface area contributed by atoms with Crippen LogP contribution in [0.15, 0.2) is 60.7 Å². The zero-order chi connectivity index (χ0) is 15.8. The van der Waals surface area contributed by atoms with E-state index in [0.29, 0.717) is 13.1 Å². The van der Waals surface area contributed by atoms with Gasteiger partial charge in [0.15, 0.2) is 0 Å². The Labute approximate surface area is 131 Å². The Bertz CT molecular complexity index is 568. The Morgan fingerprint density at radius 2 is 1.68 bits per heavy atom. The van der Waals surface area contributed by atoms with Crippen LogP contribution < -0.4 is 10.6 Å². The lowest BCUT2D eigenvalue weighted by molar-refractivity contribution is -0.121. The molecular weight excluding hydrogens is 276 g/mol. The highest BCUT2D eigenvalue weighted by Crippen LogP contribution is 2.18. The molecule has 0 aromatic heterocycles. The van der Waals surface area contributed by atoms with Crippen molar-refractivity contribution in [1.82, 2.24) is 0 Å². The molecule has 0 spiro atoms. The third-order valence-corrected chi connectivity index (χ3v) is 3.55. The summed E-state index contributed by atoms with van der Waals surface area (Å²) < 4.78 is 5.23. The number of carbonyl (C=O) groups excluding carboxylic acids is 1. The van der Waals surface area contributed by atoms with Gasteiger partial charge in [-0.25, -0.2) is 0 Å². The highest BCUT2D eigenvalue weighted by Gasteiger charge is 2.20. The van der Waals surface area contributed by atoms with E-state index in [1.165, 1.54) is 0 Å². The molecule has 0 fully saturated rings. The summed E-state index contributed by atoms with van der Waals surface area (Å²) in [7, 11) is 1.58. The molecule has 1 amide bonds. The fraction of sp³-hybridized carbons (Fsp3) is 0.278. The molecule has 2 rings (SSSR count). The molecule has 0 radical (unpaired) electrons. The van der Waals surface area contributed by atoms with E-state index >= 15 is 0 Å². The number of para-hydroxylation sites is 1. The molecule has 116 valence electrons. The SMILES string of the molecule is COC(CN)CC(=O)N(Cc1ccccc1)c1ccccc1. The molecule has 0 saturated heterocycles. The van der Waals surface area contributed by atoms with Crippen LogP contribution in [0.1, 0.15) is 12.0 Å². The first-order chi connectivity index (χ1) is 10.7. The van der Waals surface area contributed by atoms with Crippen molar-refractivity contribution in [3.05, 3.63) is 66.2 Å². The molecule has 0 aliphatic rings. The Morgan fingerprint density at radius 3 is 2.23 bits per heavy atom. The van der Waals surface area contributed by atoms with Gasteiger partial charge in [-0.15, -0.1) is 0 Å². The van der Waals surface area contributed by atoms with E-state index in [2.05, 4.69) is 0 Å². The molecule has 0 bridgehead atoms. The van der Waals surface area contributed by atoms with Gasteiger partial charge in [-0.3, -0.25) is 4.79 Å². The van der Waals surface area contributed by atoms with Crippen molar-refractivity contribution < 1.29 is 9.53 Å². The van der Waals surface area contributed by atoms with Crippen LogP contribution in [-0.2, 0) is 16.1 Å². The second-order valence-electron chi connectivity index (χ2n) is 5.10. The van der Waals surface area contributed by atoms with Crippen LogP contribution in [0, 0.1) is 0 Å². The number of ether oxygens (including phenoxy) is 1. The second kappa shape index (κ2) is 8.32. The van der Waals surface area contributed by atoms with Crippen molar-refractivity contribution in [1.29, 1.82) is 0 Å². The maximum absolute atomic E-state index is 12.7. The maximum Gasteiger partial charge on any atom is 0.229 e. The first-order valence-electron chi connectivity index (χ1n) is 7.36. The number of benzene rings is 2. The summed E-state index contributed by atoms with van der Waals surface area (Å²) in [5.74, 6) is 0.00681. The van der Waals surface area contributed by atoms with Crippen LogP contribution in [0.5, 0.6) is 0 Å². The zero-order valence-electron chi connectivity index (χ0n) is 12.8. The molecular formula is C18H22N2O2. The minimum atomic E-state index is -0.255. The summed E-state index contributed by atoms with van der Waals surface area (Å²) in [4.78, 5) is 14.4. The lowest BCUT2D eigenvalue weighted by atomic mass is 10.1. The molecule has 4 heteroatoms. The van der Waals surface area contributed by atoms with Gasteiger partial charge in [-0.1, -0.05) is 48.5 Å². The van der Waals surface area contributed by atoms with Crippen molar-refractivity contribution in [2.75, 3.05) is 18.6 Å². The highest BCUT2D eigenvalue weighted by molar-refractivity contribution is 5.93. The molecule has 2 aromatic carbocycles. The normalized spacial score (nSPS) is 11.9. The topological polar surface area (TPSA) is 55.6 Å². The standard InChI is InChI=1S/C18H22N2O2/c1-22-17(13-19)12-18(21)20(16-10-6-3-7-11-16)14-15-8-4-2-5-9-15/h2-11,17H,12-14,19H2,1H3. The molecule has 22 heavy (non-hydrogen) atoms. The van der Waals surface area contributed by atoms with Crippen LogP contribution in [0.25, 0.3) is 0 Å². The molecule has 1 unspecified atom stereocenters. The van der Waals surface area contributed by atoms with E-state index in [4.69, 9.17) is 10.5 Å². The van der Waals surface area contributed by atoms with E-state index in [1.807, 2.05) is 60.7 Å². The van der Waals surface area contributed by atoms with Crippen LogP contribution in [0.2, 0.25) is 0 Å². The van der Waals surface area contributed by atoms with Crippen molar-refractivity contribution in [2.24, 2.45) is 5.73 Å². The van der Waals surface area contributed by atoms with Gasteiger partial charge in [0.05, 0.1) is 19.1 Å². The largest absolute Gasteiger partial charge is 0.380 e. The summed E-state index contributed by atoms with van der Waals surface area (Å²) in [6.45, 7) is 0.862. The molecule has 4 nitrogen and oxygen atoms in total. The summed E-state index contributed by atoms with van der Waals surface area (Å²) in [5, 5.41) is 0. The third-order valence-electron chi connectivity index (χ3n) is 3.55. The third kappa shape index (κ3) is 4.41. The molecule has 2 N–H and O–H groups in total. The zero-order valence-corrected chi connectivity index (χ0v) is 12.8. The first-order valence-corrected chi connectivity index (χ1v) is 7.36. The average Bonchev–Trinajstić information content (AvgIpc) is 2.59. The Kier molecular flexibility index (Phi) is 6.13. The van der Waals surface area contributed by atoms with Gasteiger partial charge in [0, 0.05) is 19.3 Å². The van der Waals surface area contributed by atoms with Gasteiger partial charge in [0.1, 0.15) is 0 Å². The van der Waals surface area contributed by atoms with E-state index in [1.54, 1.807) is 12.0 Å². The Morgan fingerprint density at radius 1 is 1.09 bits per heavy atom. The fourth-order valence-corrected chi connectivity index (χ4v) is 2.27. The first kappa shape index (κ1) is 16.2. The number of hydrogen-bond donors (Lipinski definition) is 1. The van der Waals surface area contributed by atoms with Gasteiger partial charge in [0.25, 0.3) is 0 Å². The summed E-state index contributed by atoms with van der Waals surface area (Å²) in [6.07, 6.45) is 0.0174. The number of nitrogens with two attached hydrogens (primary N) is 1. The van der Waals surface area contributed by atoms with Crippen molar-refractivity contribution in [3.8, 4) is 0 Å². The number of nitrogens with zero attached hydrogens (tertiary/aromatic N) is 1. The monoisotopic (exact) mass is 298 g/mol. The summed E-state index contributed by atoms with van der Waals surface area (Å²) in [5.41, 5.74) is 7.59. The van der Waals surface area contributed by atoms with Gasteiger partial charge >= 0.3 is 0 Å². The summed E-state index contributed by atoms with van der Waals surface area (Å²) >= 11 is 0. The quantitative estimate of drug-likeness (QED) is 0.855. The van der Waals surface area contributed by atoms with Crippen LogP contribution in [0.3, 0.4) is 0 Å². The predicted molar refractivity (Wildman–Crippen MR) is 88.5 cm³/mol. The van der Waals surface area contributed by atoms with Gasteiger partial charge in [-0.05, 0) is 17.7 Å². The average molecular weight is 298 g/mol. The minimum Gasteiger partial charge on any atom is -0.380 e. The van der Waals surface area contributed by atoms with Gasteiger partial charge in [-0.2, -0.15) is 0 Å². The number of anilines is 1. The Hall–Kier alpha value is -2.17. The lowest BCUT2D eigenvalue weighted by Gasteiger charge is -2.25. The molecule has 0 heterocycles. The number of hydrogen-bond acceptors (Lipinski definition) is 3. The summed E-state index contributed by atoms with van der Waals surface area (Å²) in [6, 6.07) is 19.6. The number of rotatable bonds is 7. The molecule has 0 saturated carbocycles. The van der Waals surface area contributed by atoms with Crippen LogP contribution in [0.4, 0.5) is 5.69 Å². The minimum absolute atomic E-state index is 0.00681. The van der Waals surface area contributed by atoms with E-state index in [-0.39, 0.29) is 18.4 Å². The highest BCUT2D eigenvalue weighted by atomic mass is 16.5. The molecule has 0 aliphatic heterocycles. The van der Waals surface area contributed by atoms with Crippen molar-refractivity contribution in [3.63, 3.8) is 0 Å². The predicted octanol–water partition coefficient (Wildman–Crippen LogP) is 2.58. The lowest BCUT2D eigenvalue weighted by Crippen LogP contribution is -2.35. The fourth-order valence-electron chi connectivity index (χ4n) is 2.27. The van der Waals surface area contributed by atoms with E-state index in [0.717, 1.165) is 11.3 Å². The molecule has 2 aromatic rings. The Balaban J connectivity index is 2.20.